The van der Waals surface area contributed by atoms with Gasteiger partial charge in [-0.05, 0) is 36.3 Å². The standard InChI is InChI=1S/C20H18FN3O/c1-15-2-4-17(5-3-15)14-24-19(12-13-22-24)23-20(25)11-8-16-6-9-18(21)10-7-16/h2-13H,14H2,1H3,(H,23,25)/b11-8+. The molecule has 1 N–H and O–H groups in total. The molecule has 0 unspecified atom stereocenters. The number of aryl methyl sites for hydroxylation is 1. The number of rotatable bonds is 5. The highest BCUT2D eigenvalue weighted by Gasteiger charge is 2.06. The van der Waals surface area contributed by atoms with Gasteiger partial charge in [0.25, 0.3) is 0 Å². The van der Waals surface area contributed by atoms with Gasteiger partial charge in [-0.25, -0.2) is 9.07 Å². The third-order valence-corrected chi connectivity index (χ3v) is 3.72. The summed E-state index contributed by atoms with van der Waals surface area (Å²) in [6.45, 7) is 2.61. The Kier molecular flexibility index (Phi) is 5.04. The molecule has 3 rings (SSSR count). The zero-order chi connectivity index (χ0) is 17.6. The first kappa shape index (κ1) is 16.6. The molecule has 0 radical (unpaired) electrons. The zero-order valence-electron chi connectivity index (χ0n) is 13.8. The summed E-state index contributed by atoms with van der Waals surface area (Å²) in [4.78, 5) is 12.1. The first-order valence-corrected chi connectivity index (χ1v) is 7.92. The Balaban J connectivity index is 1.65. The Morgan fingerprint density at radius 2 is 1.84 bits per heavy atom. The number of anilines is 1. The topological polar surface area (TPSA) is 46.9 Å². The van der Waals surface area contributed by atoms with Gasteiger partial charge in [-0.2, -0.15) is 5.10 Å². The van der Waals surface area contributed by atoms with Crippen LogP contribution in [-0.2, 0) is 11.3 Å². The predicted octanol–water partition coefficient (Wildman–Crippen LogP) is 4.03. The zero-order valence-corrected chi connectivity index (χ0v) is 13.8. The molecule has 1 amide bonds. The summed E-state index contributed by atoms with van der Waals surface area (Å²) in [5.74, 6) is 0.0471. The molecule has 0 aliphatic heterocycles. The summed E-state index contributed by atoms with van der Waals surface area (Å²) in [6.07, 6.45) is 4.69. The van der Waals surface area contributed by atoms with Gasteiger partial charge in [-0.3, -0.25) is 4.79 Å². The lowest BCUT2D eigenvalue weighted by atomic mass is 10.1. The van der Waals surface area contributed by atoms with Gasteiger partial charge in [0.05, 0.1) is 12.7 Å². The van der Waals surface area contributed by atoms with Crippen LogP contribution in [0, 0.1) is 12.7 Å². The molecule has 0 fully saturated rings. The van der Waals surface area contributed by atoms with Crippen LogP contribution in [0.2, 0.25) is 0 Å². The second-order valence-electron chi connectivity index (χ2n) is 5.73. The lowest BCUT2D eigenvalue weighted by Gasteiger charge is -2.08. The molecule has 1 heterocycles. The molecule has 2 aromatic carbocycles. The van der Waals surface area contributed by atoms with Crippen molar-refractivity contribution in [3.8, 4) is 0 Å². The molecule has 1 aromatic heterocycles. The Hall–Kier alpha value is -3.21. The Bertz CT molecular complexity index is 880. The molecular weight excluding hydrogens is 317 g/mol. The molecule has 25 heavy (non-hydrogen) atoms. The van der Waals surface area contributed by atoms with E-state index in [2.05, 4.69) is 10.4 Å². The van der Waals surface area contributed by atoms with E-state index in [0.29, 0.717) is 12.4 Å². The monoisotopic (exact) mass is 335 g/mol. The lowest BCUT2D eigenvalue weighted by molar-refractivity contribution is -0.111. The molecule has 126 valence electrons. The van der Waals surface area contributed by atoms with Crippen molar-refractivity contribution in [1.29, 1.82) is 0 Å². The van der Waals surface area contributed by atoms with Crippen LogP contribution in [0.15, 0.2) is 66.9 Å². The van der Waals surface area contributed by atoms with Gasteiger partial charge in [0.2, 0.25) is 5.91 Å². The molecule has 0 atom stereocenters. The molecule has 5 heteroatoms. The van der Waals surface area contributed by atoms with Crippen LogP contribution < -0.4 is 5.32 Å². The molecular formula is C20H18FN3O. The van der Waals surface area contributed by atoms with Gasteiger partial charge in [0.1, 0.15) is 11.6 Å². The second-order valence-corrected chi connectivity index (χ2v) is 5.73. The fourth-order valence-electron chi connectivity index (χ4n) is 2.34. The quantitative estimate of drug-likeness (QED) is 0.716. The van der Waals surface area contributed by atoms with Crippen molar-refractivity contribution in [2.75, 3.05) is 5.32 Å². The van der Waals surface area contributed by atoms with Crippen molar-refractivity contribution in [3.05, 3.63) is 89.4 Å². The largest absolute Gasteiger partial charge is 0.307 e. The molecule has 0 saturated carbocycles. The average molecular weight is 335 g/mol. The molecule has 0 aliphatic rings. The van der Waals surface area contributed by atoms with Crippen molar-refractivity contribution < 1.29 is 9.18 Å². The Labute approximate surface area is 145 Å². The number of amides is 1. The molecule has 0 aliphatic carbocycles. The van der Waals surface area contributed by atoms with Gasteiger partial charge >= 0.3 is 0 Å². The second kappa shape index (κ2) is 7.57. The van der Waals surface area contributed by atoms with E-state index in [9.17, 15) is 9.18 Å². The van der Waals surface area contributed by atoms with E-state index in [1.807, 2.05) is 31.2 Å². The van der Waals surface area contributed by atoms with Crippen molar-refractivity contribution in [3.63, 3.8) is 0 Å². The number of hydrogen-bond acceptors (Lipinski definition) is 2. The SMILES string of the molecule is Cc1ccc(Cn2nccc2NC(=O)/C=C/c2ccc(F)cc2)cc1. The van der Waals surface area contributed by atoms with Gasteiger partial charge < -0.3 is 5.32 Å². The fourth-order valence-corrected chi connectivity index (χ4v) is 2.34. The summed E-state index contributed by atoms with van der Waals surface area (Å²) in [5, 5.41) is 7.06. The van der Waals surface area contributed by atoms with E-state index in [4.69, 9.17) is 0 Å². The van der Waals surface area contributed by atoms with Gasteiger partial charge in [0, 0.05) is 12.1 Å². The molecule has 4 nitrogen and oxygen atoms in total. The van der Waals surface area contributed by atoms with Crippen LogP contribution in [0.4, 0.5) is 10.2 Å². The maximum absolute atomic E-state index is 12.9. The van der Waals surface area contributed by atoms with E-state index in [0.717, 1.165) is 11.1 Å². The highest BCUT2D eigenvalue weighted by Crippen LogP contribution is 2.12. The van der Waals surface area contributed by atoms with Crippen molar-refractivity contribution in [2.24, 2.45) is 0 Å². The first-order valence-electron chi connectivity index (χ1n) is 7.92. The maximum Gasteiger partial charge on any atom is 0.249 e. The number of hydrogen-bond donors (Lipinski definition) is 1. The highest BCUT2D eigenvalue weighted by molar-refractivity contribution is 6.01. The van der Waals surface area contributed by atoms with Crippen LogP contribution in [0.25, 0.3) is 6.08 Å². The third-order valence-electron chi connectivity index (χ3n) is 3.72. The molecule has 0 bridgehead atoms. The summed E-state index contributed by atoms with van der Waals surface area (Å²) < 4.78 is 14.6. The number of carbonyl (C=O) groups is 1. The normalized spacial score (nSPS) is 11.0. The average Bonchev–Trinajstić information content (AvgIpc) is 3.03. The van der Waals surface area contributed by atoms with E-state index < -0.39 is 0 Å². The summed E-state index contributed by atoms with van der Waals surface area (Å²) >= 11 is 0. The molecule has 0 spiro atoms. The molecule has 3 aromatic rings. The summed E-state index contributed by atoms with van der Waals surface area (Å²) in [7, 11) is 0. The number of carbonyl (C=O) groups excluding carboxylic acids is 1. The maximum atomic E-state index is 12.9. The van der Waals surface area contributed by atoms with Crippen LogP contribution >= 0.6 is 0 Å². The van der Waals surface area contributed by atoms with Gasteiger partial charge in [0.15, 0.2) is 0 Å². The van der Waals surface area contributed by atoms with Crippen molar-refractivity contribution in [1.82, 2.24) is 9.78 Å². The highest BCUT2D eigenvalue weighted by atomic mass is 19.1. The number of benzene rings is 2. The Morgan fingerprint density at radius 1 is 1.12 bits per heavy atom. The summed E-state index contributed by atoms with van der Waals surface area (Å²) in [5.41, 5.74) is 3.06. The molecule has 0 saturated heterocycles. The van der Waals surface area contributed by atoms with E-state index >= 15 is 0 Å². The number of nitrogens with zero attached hydrogens (tertiary/aromatic N) is 2. The third kappa shape index (κ3) is 4.64. The fraction of sp³-hybridized carbons (Fsp3) is 0.100. The minimum absolute atomic E-state index is 0.269. The van der Waals surface area contributed by atoms with Crippen molar-refractivity contribution >= 4 is 17.8 Å². The van der Waals surface area contributed by atoms with Gasteiger partial charge in [-0.15, -0.1) is 0 Å². The minimum Gasteiger partial charge on any atom is -0.307 e. The lowest BCUT2D eigenvalue weighted by Crippen LogP contribution is -2.13. The minimum atomic E-state index is -0.304. The summed E-state index contributed by atoms with van der Waals surface area (Å²) in [6, 6.07) is 15.8. The van der Waals surface area contributed by atoms with Crippen LogP contribution in [0.3, 0.4) is 0 Å². The van der Waals surface area contributed by atoms with Gasteiger partial charge in [-0.1, -0.05) is 42.0 Å². The number of nitrogens with one attached hydrogen (secondary N) is 1. The Morgan fingerprint density at radius 3 is 2.56 bits per heavy atom. The van der Waals surface area contributed by atoms with Crippen LogP contribution in [0.5, 0.6) is 0 Å². The number of aromatic nitrogens is 2. The van der Waals surface area contributed by atoms with E-state index in [1.54, 1.807) is 35.2 Å². The number of halogens is 1. The van der Waals surface area contributed by atoms with E-state index in [1.165, 1.54) is 23.8 Å². The first-order chi connectivity index (χ1) is 12.1. The predicted molar refractivity (Wildman–Crippen MR) is 96.6 cm³/mol. The smallest absolute Gasteiger partial charge is 0.249 e. The van der Waals surface area contributed by atoms with Crippen LogP contribution in [0.1, 0.15) is 16.7 Å². The van der Waals surface area contributed by atoms with Crippen molar-refractivity contribution in [2.45, 2.75) is 13.5 Å². The van der Waals surface area contributed by atoms with Crippen LogP contribution in [-0.4, -0.2) is 15.7 Å². The van der Waals surface area contributed by atoms with E-state index in [-0.39, 0.29) is 11.7 Å².